The lowest BCUT2D eigenvalue weighted by atomic mass is 9.99. The van der Waals surface area contributed by atoms with E-state index in [1.54, 1.807) is 0 Å². The normalized spacial score (nSPS) is 25.8. The zero-order valence-corrected chi connectivity index (χ0v) is 9.01. The predicted molar refractivity (Wildman–Crippen MR) is 54.8 cm³/mol. The summed E-state index contributed by atoms with van der Waals surface area (Å²) in [4.78, 5) is 2.45. The van der Waals surface area contributed by atoms with E-state index >= 15 is 0 Å². The summed E-state index contributed by atoms with van der Waals surface area (Å²) in [6.07, 6.45) is 0.703. The molecule has 0 aliphatic carbocycles. The van der Waals surface area contributed by atoms with Crippen molar-refractivity contribution in [2.75, 3.05) is 26.2 Å². The summed E-state index contributed by atoms with van der Waals surface area (Å²) < 4.78 is 0. The molecule has 1 fully saturated rings. The average molecular weight is 186 g/mol. The third-order valence-corrected chi connectivity index (χ3v) is 2.79. The summed E-state index contributed by atoms with van der Waals surface area (Å²) in [6, 6.07) is 0. The molecule has 13 heavy (non-hydrogen) atoms. The van der Waals surface area contributed by atoms with Crippen LogP contribution in [-0.2, 0) is 0 Å². The zero-order chi connectivity index (χ0) is 9.90. The second-order valence-electron chi connectivity index (χ2n) is 4.61. The summed E-state index contributed by atoms with van der Waals surface area (Å²) >= 11 is 0. The lowest BCUT2D eigenvalue weighted by molar-refractivity contribution is 0.0701. The van der Waals surface area contributed by atoms with Gasteiger partial charge in [0.2, 0.25) is 0 Å². The molecule has 0 bridgehead atoms. The highest BCUT2D eigenvalue weighted by Crippen LogP contribution is 2.16. The maximum atomic E-state index is 9.21. The number of rotatable bonds is 3. The van der Waals surface area contributed by atoms with Gasteiger partial charge < -0.3 is 10.4 Å². The molecule has 0 radical (unpaired) electrons. The van der Waals surface area contributed by atoms with Crippen molar-refractivity contribution in [3.05, 3.63) is 0 Å². The minimum absolute atomic E-state index is 0.175. The van der Waals surface area contributed by atoms with Crippen molar-refractivity contribution in [2.45, 2.75) is 38.8 Å². The number of hydrogen-bond donors (Lipinski definition) is 2. The van der Waals surface area contributed by atoms with Gasteiger partial charge in [-0.3, -0.25) is 4.90 Å². The minimum Gasteiger partial charge on any atom is -0.393 e. The largest absolute Gasteiger partial charge is 0.393 e. The molecule has 1 atom stereocenters. The third-order valence-electron chi connectivity index (χ3n) is 2.79. The fraction of sp³-hybridized carbons (Fsp3) is 1.00. The molecule has 1 heterocycles. The molecule has 0 aromatic carbocycles. The van der Waals surface area contributed by atoms with Crippen LogP contribution in [0.15, 0.2) is 0 Å². The number of nitrogens with one attached hydrogen (secondary N) is 1. The Hall–Kier alpha value is -0.120. The Morgan fingerprint density at radius 3 is 2.77 bits per heavy atom. The summed E-state index contributed by atoms with van der Waals surface area (Å²) in [5.74, 6) is 0. The first-order valence-corrected chi connectivity index (χ1v) is 5.16. The SMILES string of the molecule is CC(O)CCN1CCNCC1(C)C. The van der Waals surface area contributed by atoms with Gasteiger partial charge in [-0.15, -0.1) is 0 Å². The molecule has 0 aromatic heterocycles. The van der Waals surface area contributed by atoms with Crippen LogP contribution < -0.4 is 5.32 Å². The van der Waals surface area contributed by atoms with E-state index < -0.39 is 0 Å². The topological polar surface area (TPSA) is 35.5 Å². The van der Waals surface area contributed by atoms with Crippen LogP contribution in [-0.4, -0.2) is 47.8 Å². The van der Waals surface area contributed by atoms with Crippen molar-refractivity contribution in [1.82, 2.24) is 10.2 Å². The van der Waals surface area contributed by atoms with Crippen LogP contribution >= 0.6 is 0 Å². The molecule has 3 heteroatoms. The lowest BCUT2D eigenvalue weighted by Gasteiger charge is -2.43. The molecule has 3 nitrogen and oxygen atoms in total. The molecule has 0 saturated carbocycles. The Labute approximate surface area is 81.1 Å². The van der Waals surface area contributed by atoms with Gasteiger partial charge in [0.1, 0.15) is 0 Å². The molecule has 0 spiro atoms. The van der Waals surface area contributed by atoms with Crippen molar-refractivity contribution in [3.63, 3.8) is 0 Å². The first-order chi connectivity index (χ1) is 6.02. The number of piperazine rings is 1. The van der Waals surface area contributed by atoms with Gasteiger partial charge in [-0.05, 0) is 27.2 Å². The first kappa shape index (κ1) is 11.0. The van der Waals surface area contributed by atoms with Crippen molar-refractivity contribution in [1.29, 1.82) is 0 Å². The fourth-order valence-corrected chi connectivity index (χ4v) is 1.78. The minimum atomic E-state index is -0.175. The summed E-state index contributed by atoms with van der Waals surface area (Å²) in [5, 5.41) is 12.6. The predicted octanol–water partition coefficient (Wildman–Crippen LogP) is 0.441. The van der Waals surface area contributed by atoms with Gasteiger partial charge >= 0.3 is 0 Å². The number of nitrogens with zero attached hydrogens (tertiary/aromatic N) is 1. The maximum Gasteiger partial charge on any atom is 0.0524 e. The average Bonchev–Trinajstić information content (AvgIpc) is 2.01. The van der Waals surface area contributed by atoms with Crippen LogP contribution in [0, 0.1) is 0 Å². The standard InChI is InChI=1S/C10H22N2O/c1-9(13)4-6-12-7-5-11-8-10(12,2)3/h9,11,13H,4-8H2,1-3H3. The van der Waals surface area contributed by atoms with Gasteiger partial charge in [0.05, 0.1) is 6.10 Å². The molecular formula is C10H22N2O. The van der Waals surface area contributed by atoms with E-state index in [1.165, 1.54) is 0 Å². The molecule has 0 aromatic rings. The summed E-state index contributed by atoms with van der Waals surface area (Å²) in [6.45, 7) is 10.6. The first-order valence-electron chi connectivity index (χ1n) is 5.16. The third kappa shape index (κ3) is 3.25. The van der Waals surface area contributed by atoms with E-state index in [-0.39, 0.29) is 11.6 Å². The Bertz CT molecular complexity index is 157. The second kappa shape index (κ2) is 4.40. The maximum absolute atomic E-state index is 9.21. The quantitative estimate of drug-likeness (QED) is 0.671. The van der Waals surface area contributed by atoms with E-state index in [0.717, 1.165) is 32.6 Å². The van der Waals surface area contributed by atoms with Gasteiger partial charge in [-0.25, -0.2) is 0 Å². The fourth-order valence-electron chi connectivity index (χ4n) is 1.78. The van der Waals surface area contributed by atoms with Gasteiger partial charge in [0.15, 0.2) is 0 Å². The van der Waals surface area contributed by atoms with Gasteiger partial charge in [0.25, 0.3) is 0 Å². The molecule has 2 N–H and O–H groups in total. The Kier molecular flexibility index (Phi) is 3.71. The van der Waals surface area contributed by atoms with Crippen LogP contribution in [0.25, 0.3) is 0 Å². The highest BCUT2D eigenvalue weighted by Gasteiger charge is 2.28. The Morgan fingerprint density at radius 2 is 2.23 bits per heavy atom. The summed E-state index contributed by atoms with van der Waals surface area (Å²) in [7, 11) is 0. The van der Waals surface area contributed by atoms with E-state index in [1.807, 2.05) is 6.92 Å². The van der Waals surface area contributed by atoms with E-state index in [0.29, 0.717) is 0 Å². The van der Waals surface area contributed by atoms with Crippen molar-refractivity contribution >= 4 is 0 Å². The van der Waals surface area contributed by atoms with Gasteiger partial charge in [-0.1, -0.05) is 0 Å². The molecule has 1 aliphatic rings. The Morgan fingerprint density at radius 1 is 1.54 bits per heavy atom. The van der Waals surface area contributed by atoms with Crippen molar-refractivity contribution < 1.29 is 5.11 Å². The van der Waals surface area contributed by atoms with Crippen LogP contribution in [0.4, 0.5) is 0 Å². The van der Waals surface area contributed by atoms with Crippen LogP contribution in [0.2, 0.25) is 0 Å². The number of aliphatic hydroxyl groups excluding tert-OH is 1. The highest BCUT2D eigenvalue weighted by atomic mass is 16.3. The van der Waals surface area contributed by atoms with Crippen LogP contribution in [0.3, 0.4) is 0 Å². The number of hydrogen-bond acceptors (Lipinski definition) is 3. The van der Waals surface area contributed by atoms with Crippen molar-refractivity contribution in [3.8, 4) is 0 Å². The molecule has 1 saturated heterocycles. The molecule has 1 aliphatic heterocycles. The van der Waals surface area contributed by atoms with Crippen LogP contribution in [0.5, 0.6) is 0 Å². The second-order valence-corrected chi connectivity index (χ2v) is 4.61. The zero-order valence-electron chi connectivity index (χ0n) is 9.01. The molecular weight excluding hydrogens is 164 g/mol. The van der Waals surface area contributed by atoms with E-state index in [9.17, 15) is 5.11 Å². The van der Waals surface area contributed by atoms with E-state index in [2.05, 4.69) is 24.1 Å². The monoisotopic (exact) mass is 186 g/mol. The van der Waals surface area contributed by atoms with E-state index in [4.69, 9.17) is 0 Å². The van der Waals surface area contributed by atoms with Gasteiger partial charge in [0, 0.05) is 31.7 Å². The molecule has 78 valence electrons. The Balaban J connectivity index is 2.37. The molecule has 0 amide bonds. The molecule has 1 unspecified atom stereocenters. The lowest BCUT2D eigenvalue weighted by Crippen LogP contribution is -2.58. The summed E-state index contributed by atoms with van der Waals surface area (Å²) in [5.41, 5.74) is 0.243. The van der Waals surface area contributed by atoms with Crippen molar-refractivity contribution in [2.24, 2.45) is 0 Å². The molecule has 1 rings (SSSR count). The van der Waals surface area contributed by atoms with Gasteiger partial charge in [-0.2, -0.15) is 0 Å². The highest BCUT2D eigenvalue weighted by molar-refractivity contribution is 4.88. The number of aliphatic hydroxyl groups is 1. The smallest absolute Gasteiger partial charge is 0.0524 e. The van der Waals surface area contributed by atoms with Crippen LogP contribution in [0.1, 0.15) is 27.2 Å².